The second-order valence-corrected chi connectivity index (χ2v) is 11.8. The highest BCUT2D eigenvalue weighted by molar-refractivity contribution is 7.88. The molecular weight excluding hydrogens is 436 g/mol. The summed E-state index contributed by atoms with van der Waals surface area (Å²) in [4.78, 5) is 12.6. The number of rotatable bonds is 8. The molecule has 6 nitrogen and oxygen atoms in total. The molecule has 2 aromatic rings. The van der Waals surface area contributed by atoms with Crippen molar-refractivity contribution in [2.75, 3.05) is 26.2 Å². The molecule has 0 unspecified atom stereocenters. The molecule has 1 amide bonds. The Labute approximate surface area is 198 Å². The Morgan fingerprint density at radius 2 is 1.70 bits per heavy atom. The molecule has 1 N–H and O–H groups in total. The fourth-order valence-electron chi connectivity index (χ4n) is 4.07. The smallest absolute Gasteiger partial charge is 0.223 e. The zero-order valence-electron chi connectivity index (χ0n) is 20.1. The monoisotopic (exact) mass is 472 g/mol. The average molecular weight is 473 g/mol. The molecule has 33 heavy (non-hydrogen) atoms. The number of aryl methyl sites for hydroxylation is 1. The number of para-hydroxylation sites is 1. The Morgan fingerprint density at radius 1 is 1.06 bits per heavy atom. The quantitative estimate of drug-likeness (QED) is 0.589. The summed E-state index contributed by atoms with van der Waals surface area (Å²) in [5, 5.41) is 2.95. The number of sulfonamides is 1. The van der Waals surface area contributed by atoms with Gasteiger partial charge in [0.05, 0.1) is 12.3 Å². The number of piperidine rings is 1. The molecule has 180 valence electrons. The number of nitrogens with one attached hydrogen (secondary N) is 1. The normalized spacial score (nSPS) is 15.9. The Bertz CT molecular complexity index is 1030. The van der Waals surface area contributed by atoms with Gasteiger partial charge < -0.3 is 10.1 Å². The molecule has 0 saturated carbocycles. The van der Waals surface area contributed by atoms with Crippen LogP contribution in [0.1, 0.15) is 50.3 Å². The molecule has 1 heterocycles. The van der Waals surface area contributed by atoms with Crippen LogP contribution in [0, 0.1) is 12.8 Å². The lowest BCUT2D eigenvalue weighted by Crippen LogP contribution is -2.43. The molecule has 0 spiro atoms. The van der Waals surface area contributed by atoms with Gasteiger partial charge in [-0.15, -0.1) is 0 Å². The van der Waals surface area contributed by atoms with Crippen molar-refractivity contribution in [1.29, 1.82) is 0 Å². The largest absolute Gasteiger partial charge is 0.491 e. The van der Waals surface area contributed by atoms with Crippen LogP contribution in [0.3, 0.4) is 0 Å². The van der Waals surface area contributed by atoms with Gasteiger partial charge in [0.25, 0.3) is 0 Å². The van der Waals surface area contributed by atoms with Crippen LogP contribution in [-0.4, -0.2) is 44.9 Å². The van der Waals surface area contributed by atoms with E-state index in [1.54, 1.807) is 0 Å². The maximum Gasteiger partial charge on any atom is 0.223 e. The van der Waals surface area contributed by atoms with Crippen LogP contribution in [0.5, 0.6) is 5.75 Å². The minimum Gasteiger partial charge on any atom is -0.491 e. The number of carbonyl (C=O) groups is 1. The van der Waals surface area contributed by atoms with E-state index in [1.165, 1.54) is 4.31 Å². The van der Waals surface area contributed by atoms with Crippen LogP contribution < -0.4 is 10.1 Å². The Kier molecular flexibility index (Phi) is 8.19. The van der Waals surface area contributed by atoms with E-state index < -0.39 is 10.0 Å². The first-order chi connectivity index (χ1) is 15.6. The third-order valence-corrected chi connectivity index (χ3v) is 7.89. The number of amides is 1. The Balaban J connectivity index is 1.43. The molecule has 3 rings (SSSR count). The summed E-state index contributed by atoms with van der Waals surface area (Å²) in [6, 6.07) is 15.5. The molecular formula is C26H36N2O4S. The standard InChI is InChI=1S/C26H36N2O4S/c1-20-9-11-21(12-10-20)19-33(30,31)28-16-13-22(14-17-28)25(29)27-15-18-32-24-8-6-5-7-23(24)26(2,3)4/h5-12,22H,13-19H2,1-4H3,(H,27,29). The molecule has 2 aromatic carbocycles. The van der Waals surface area contributed by atoms with Gasteiger partial charge in [0.2, 0.25) is 15.9 Å². The molecule has 1 saturated heterocycles. The Morgan fingerprint density at radius 3 is 2.33 bits per heavy atom. The zero-order valence-corrected chi connectivity index (χ0v) is 21.0. The van der Waals surface area contributed by atoms with Crippen molar-refractivity contribution in [3.05, 3.63) is 65.2 Å². The number of hydrogen-bond acceptors (Lipinski definition) is 4. The molecule has 7 heteroatoms. The maximum absolute atomic E-state index is 12.8. The lowest BCUT2D eigenvalue weighted by atomic mass is 9.86. The summed E-state index contributed by atoms with van der Waals surface area (Å²) in [6.45, 7) is 9.97. The lowest BCUT2D eigenvalue weighted by molar-refractivity contribution is -0.126. The predicted molar refractivity (Wildman–Crippen MR) is 132 cm³/mol. The number of hydrogen-bond donors (Lipinski definition) is 1. The highest BCUT2D eigenvalue weighted by Crippen LogP contribution is 2.30. The first-order valence-corrected chi connectivity index (χ1v) is 13.2. The van der Waals surface area contributed by atoms with Gasteiger partial charge in [-0.05, 0) is 42.4 Å². The van der Waals surface area contributed by atoms with Crippen LogP contribution in [-0.2, 0) is 26.0 Å². The number of carbonyl (C=O) groups excluding carboxylic acids is 1. The first kappa shape index (κ1) is 25.2. The van der Waals surface area contributed by atoms with Gasteiger partial charge in [-0.25, -0.2) is 12.7 Å². The van der Waals surface area contributed by atoms with Crippen molar-refractivity contribution in [3.63, 3.8) is 0 Å². The summed E-state index contributed by atoms with van der Waals surface area (Å²) in [7, 11) is -3.38. The number of benzene rings is 2. The summed E-state index contributed by atoms with van der Waals surface area (Å²) >= 11 is 0. The fraction of sp³-hybridized carbons (Fsp3) is 0.500. The summed E-state index contributed by atoms with van der Waals surface area (Å²) in [5.41, 5.74) is 3.00. The lowest BCUT2D eigenvalue weighted by Gasteiger charge is -2.30. The van der Waals surface area contributed by atoms with Gasteiger partial charge in [-0.1, -0.05) is 68.8 Å². The number of ether oxygens (including phenoxy) is 1. The van der Waals surface area contributed by atoms with Crippen LogP contribution in [0.2, 0.25) is 0 Å². The molecule has 1 aliphatic rings. The summed E-state index contributed by atoms with van der Waals surface area (Å²) < 4.78 is 33.0. The van der Waals surface area contributed by atoms with Gasteiger partial charge in [0.15, 0.2) is 0 Å². The Hall–Kier alpha value is -2.38. The summed E-state index contributed by atoms with van der Waals surface area (Å²) in [5.74, 6) is 0.639. The van der Waals surface area contributed by atoms with E-state index in [-0.39, 0.29) is 23.0 Å². The molecule has 0 radical (unpaired) electrons. The van der Waals surface area contributed by atoms with Crippen molar-refractivity contribution in [3.8, 4) is 5.75 Å². The van der Waals surface area contributed by atoms with Gasteiger partial charge >= 0.3 is 0 Å². The van der Waals surface area contributed by atoms with Crippen LogP contribution >= 0.6 is 0 Å². The molecule has 0 aromatic heterocycles. The van der Waals surface area contributed by atoms with Crippen molar-refractivity contribution in [2.24, 2.45) is 5.92 Å². The third-order valence-electron chi connectivity index (χ3n) is 6.04. The van der Waals surface area contributed by atoms with E-state index in [0.29, 0.717) is 39.1 Å². The van der Waals surface area contributed by atoms with Crippen molar-refractivity contribution in [2.45, 2.75) is 51.7 Å². The SMILES string of the molecule is Cc1ccc(CS(=O)(=O)N2CCC(C(=O)NCCOc3ccccc3C(C)(C)C)CC2)cc1. The second-order valence-electron chi connectivity index (χ2n) is 9.80. The van der Waals surface area contributed by atoms with Gasteiger partial charge in [-0.3, -0.25) is 4.79 Å². The first-order valence-electron chi connectivity index (χ1n) is 11.6. The van der Waals surface area contributed by atoms with E-state index in [1.807, 2.05) is 49.4 Å². The van der Waals surface area contributed by atoms with E-state index in [4.69, 9.17) is 4.74 Å². The predicted octanol–water partition coefficient (Wildman–Crippen LogP) is 4.03. The van der Waals surface area contributed by atoms with E-state index in [9.17, 15) is 13.2 Å². The van der Waals surface area contributed by atoms with E-state index in [2.05, 4.69) is 32.2 Å². The van der Waals surface area contributed by atoms with Crippen molar-refractivity contribution < 1.29 is 17.9 Å². The maximum atomic E-state index is 12.8. The van der Waals surface area contributed by atoms with Crippen LogP contribution in [0.15, 0.2) is 48.5 Å². The minimum absolute atomic E-state index is 0.00246. The third kappa shape index (κ3) is 7.05. The van der Waals surface area contributed by atoms with Gasteiger partial charge in [-0.2, -0.15) is 0 Å². The zero-order chi connectivity index (χ0) is 24.1. The molecule has 0 aliphatic carbocycles. The van der Waals surface area contributed by atoms with E-state index >= 15 is 0 Å². The van der Waals surface area contributed by atoms with Crippen molar-refractivity contribution >= 4 is 15.9 Å². The average Bonchev–Trinajstić information content (AvgIpc) is 2.78. The second kappa shape index (κ2) is 10.7. The van der Waals surface area contributed by atoms with Gasteiger partial charge in [0, 0.05) is 19.0 Å². The van der Waals surface area contributed by atoms with Crippen LogP contribution in [0.25, 0.3) is 0 Å². The highest BCUT2D eigenvalue weighted by atomic mass is 32.2. The molecule has 0 atom stereocenters. The summed E-state index contributed by atoms with van der Waals surface area (Å²) in [6.07, 6.45) is 1.07. The highest BCUT2D eigenvalue weighted by Gasteiger charge is 2.31. The van der Waals surface area contributed by atoms with Gasteiger partial charge in [0.1, 0.15) is 12.4 Å². The minimum atomic E-state index is -3.38. The van der Waals surface area contributed by atoms with Crippen LogP contribution in [0.4, 0.5) is 0 Å². The molecule has 0 bridgehead atoms. The fourth-order valence-corrected chi connectivity index (χ4v) is 5.64. The van der Waals surface area contributed by atoms with Crippen molar-refractivity contribution in [1.82, 2.24) is 9.62 Å². The number of nitrogens with zero attached hydrogens (tertiary/aromatic N) is 1. The molecule has 1 fully saturated rings. The van der Waals surface area contributed by atoms with E-state index in [0.717, 1.165) is 22.4 Å². The molecule has 1 aliphatic heterocycles. The topological polar surface area (TPSA) is 75.7 Å².